The first-order valence-electron chi connectivity index (χ1n) is 5.86. The number of halogens is 1. The summed E-state index contributed by atoms with van der Waals surface area (Å²) in [5.41, 5.74) is 0.317. The molecule has 0 radical (unpaired) electrons. The molecule has 1 aromatic rings. The van der Waals surface area contributed by atoms with E-state index in [1.165, 1.54) is 16.7 Å². The molecular formula is C11H16ClN3O2S. The summed E-state index contributed by atoms with van der Waals surface area (Å²) in [4.78, 5) is 3.86. The number of hydrogen-bond donors (Lipinski definition) is 1. The molecule has 0 saturated carbocycles. The van der Waals surface area contributed by atoms with Gasteiger partial charge in [0.25, 0.3) is 0 Å². The summed E-state index contributed by atoms with van der Waals surface area (Å²) in [6, 6.07) is 1.55. The third kappa shape index (κ3) is 3.13. The number of piperidine rings is 1. The van der Waals surface area contributed by atoms with Crippen molar-refractivity contribution in [2.75, 3.05) is 17.8 Å². The van der Waals surface area contributed by atoms with Crippen molar-refractivity contribution in [2.24, 2.45) is 5.92 Å². The summed E-state index contributed by atoms with van der Waals surface area (Å²) in [5, 5.41) is 0.346. The second kappa shape index (κ2) is 5.42. The molecule has 0 atom stereocenters. The van der Waals surface area contributed by atoms with E-state index in [9.17, 15) is 8.42 Å². The number of nitrogens with one attached hydrogen (secondary N) is 1. The van der Waals surface area contributed by atoms with Crippen molar-refractivity contribution < 1.29 is 8.42 Å². The van der Waals surface area contributed by atoms with Crippen LogP contribution in [0.25, 0.3) is 0 Å². The number of anilines is 1. The average Bonchev–Trinajstić information content (AvgIpc) is 2.32. The van der Waals surface area contributed by atoms with E-state index in [-0.39, 0.29) is 0 Å². The van der Waals surface area contributed by atoms with Crippen LogP contribution in [0.2, 0.25) is 5.02 Å². The standard InChI is InChI=1S/C11H16ClN3O2S/c1-9-3-6-15(7-4-9)18(16,17)14-11-8-13-5-2-10(11)12/h2,5,8-9,14H,3-4,6-7H2,1H3. The first-order valence-corrected chi connectivity index (χ1v) is 7.68. The van der Waals surface area contributed by atoms with E-state index in [4.69, 9.17) is 11.6 Å². The SMILES string of the molecule is CC1CCN(S(=O)(=O)Nc2cnccc2Cl)CC1. The van der Waals surface area contributed by atoms with Gasteiger partial charge >= 0.3 is 10.2 Å². The Bertz CT molecular complexity index is 513. The highest BCUT2D eigenvalue weighted by Gasteiger charge is 2.26. The Hall–Kier alpha value is -0.850. The molecule has 0 aliphatic carbocycles. The number of pyridine rings is 1. The van der Waals surface area contributed by atoms with Gasteiger partial charge in [-0.1, -0.05) is 18.5 Å². The Morgan fingerprint density at radius 1 is 1.44 bits per heavy atom. The van der Waals surface area contributed by atoms with Gasteiger partial charge in [-0.2, -0.15) is 12.7 Å². The van der Waals surface area contributed by atoms with Crippen LogP contribution in [0.5, 0.6) is 0 Å². The molecular weight excluding hydrogens is 274 g/mol. The van der Waals surface area contributed by atoms with Gasteiger partial charge in [-0.25, -0.2) is 0 Å². The van der Waals surface area contributed by atoms with Crippen LogP contribution in [0, 0.1) is 5.92 Å². The second-order valence-corrected chi connectivity index (χ2v) is 6.62. The van der Waals surface area contributed by atoms with Crippen LogP contribution in [0.4, 0.5) is 5.69 Å². The average molecular weight is 290 g/mol. The molecule has 1 fully saturated rings. The van der Waals surface area contributed by atoms with Crippen LogP contribution in [0.15, 0.2) is 18.5 Å². The highest BCUT2D eigenvalue weighted by atomic mass is 35.5. The highest BCUT2D eigenvalue weighted by Crippen LogP contribution is 2.23. The number of aromatic nitrogens is 1. The van der Waals surface area contributed by atoms with Crippen LogP contribution >= 0.6 is 11.6 Å². The molecule has 1 saturated heterocycles. The molecule has 100 valence electrons. The van der Waals surface area contributed by atoms with Gasteiger partial charge in [0.05, 0.1) is 16.9 Å². The third-order valence-corrected chi connectivity index (χ3v) is 4.94. The summed E-state index contributed by atoms with van der Waals surface area (Å²) in [5.74, 6) is 0.582. The lowest BCUT2D eigenvalue weighted by Crippen LogP contribution is -2.41. The van der Waals surface area contributed by atoms with Crippen molar-refractivity contribution in [2.45, 2.75) is 19.8 Å². The van der Waals surface area contributed by atoms with Crippen molar-refractivity contribution >= 4 is 27.5 Å². The van der Waals surface area contributed by atoms with E-state index in [1.54, 1.807) is 6.07 Å². The molecule has 2 heterocycles. The lowest BCUT2D eigenvalue weighted by Gasteiger charge is -2.29. The van der Waals surface area contributed by atoms with E-state index >= 15 is 0 Å². The Balaban J connectivity index is 2.10. The molecule has 0 bridgehead atoms. The van der Waals surface area contributed by atoms with Crippen molar-refractivity contribution in [1.82, 2.24) is 9.29 Å². The molecule has 0 aromatic carbocycles. The summed E-state index contributed by atoms with van der Waals surface area (Å²) >= 11 is 5.91. The Morgan fingerprint density at radius 3 is 2.72 bits per heavy atom. The fourth-order valence-corrected chi connectivity index (χ4v) is 3.35. The third-order valence-electron chi connectivity index (χ3n) is 3.09. The molecule has 7 heteroatoms. The van der Waals surface area contributed by atoms with Crippen LogP contribution in [0.3, 0.4) is 0 Å². The quantitative estimate of drug-likeness (QED) is 0.927. The van der Waals surface area contributed by atoms with Crippen molar-refractivity contribution in [3.63, 3.8) is 0 Å². The summed E-state index contributed by atoms with van der Waals surface area (Å²) in [6.45, 7) is 3.23. The van der Waals surface area contributed by atoms with Gasteiger partial charge in [0.15, 0.2) is 0 Å². The number of hydrogen-bond acceptors (Lipinski definition) is 3. The van der Waals surface area contributed by atoms with Crippen LogP contribution in [0.1, 0.15) is 19.8 Å². The Labute approximate surface area is 112 Å². The van der Waals surface area contributed by atoms with Gasteiger partial charge in [-0.15, -0.1) is 0 Å². The van der Waals surface area contributed by atoms with Gasteiger partial charge in [0, 0.05) is 19.3 Å². The van der Waals surface area contributed by atoms with E-state index in [0.29, 0.717) is 29.7 Å². The van der Waals surface area contributed by atoms with Gasteiger partial charge in [0.1, 0.15) is 0 Å². The Kier molecular flexibility index (Phi) is 4.09. The normalized spacial score (nSPS) is 18.8. The number of rotatable bonds is 3. The van der Waals surface area contributed by atoms with E-state index < -0.39 is 10.2 Å². The fraction of sp³-hybridized carbons (Fsp3) is 0.545. The van der Waals surface area contributed by atoms with Gasteiger partial charge < -0.3 is 0 Å². The maximum Gasteiger partial charge on any atom is 0.301 e. The topological polar surface area (TPSA) is 62.3 Å². The molecule has 18 heavy (non-hydrogen) atoms. The zero-order chi connectivity index (χ0) is 13.2. The zero-order valence-electron chi connectivity index (χ0n) is 10.1. The zero-order valence-corrected chi connectivity index (χ0v) is 11.7. The van der Waals surface area contributed by atoms with Gasteiger partial charge in [0.2, 0.25) is 0 Å². The summed E-state index contributed by atoms with van der Waals surface area (Å²) < 4.78 is 28.2. The lowest BCUT2D eigenvalue weighted by molar-refractivity contribution is 0.289. The van der Waals surface area contributed by atoms with Crippen LogP contribution in [-0.2, 0) is 10.2 Å². The molecule has 1 aliphatic heterocycles. The minimum absolute atomic E-state index is 0.317. The molecule has 0 unspecified atom stereocenters. The molecule has 5 nitrogen and oxygen atoms in total. The van der Waals surface area contributed by atoms with Gasteiger partial charge in [-0.05, 0) is 24.8 Å². The van der Waals surface area contributed by atoms with Crippen LogP contribution in [-0.4, -0.2) is 30.8 Å². The molecule has 0 amide bonds. The Morgan fingerprint density at radius 2 is 2.11 bits per heavy atom. The van der Waals surface area contributed by atoms with Crippen molar-refractivity contribution in [1.29, 1.82) is 0 Å². The van der Waals surface area contributed by atoms with Crippen LogP contribution < -0.4 is 4.72 Å². The molecule has 1 N–H and O–H groups in total. The first kappa shape index (κ1) is 13.6. The molecule has 2 rings (SSSR count). The number of nitrogens with zero attached hydrogens (tertiary/aromatic N) is 2. The van der Waals surface area contributed by atoms with Crippen molar-refractivity contribution in [3.8, 4) is 0 Å². The maximum atomic E-state index is 12.1. The van der Waals surface area contributed by atoms with Gasteiger partial charge in [-0.3, -0.25) is 9.71 Å². The summed E-state index contributed by atoms with van der Waals surface area (Å²) in [6.07, 6.45) is 4.71. The first-order chi connectivity index (χ1) is 8.49. The maximum absolute atomic E-state index is 12.1. The molecule has 1 aliphatic rings. The lowest BCUT2D eigenvalue weighted by atomic mass is 10.0. The highest BCUT2D eigenvalue weighted by molar-refractivity contribution is 7.90. The molecule has 1 aromatic heterocycles. The second-order valence-electron chi connectivity index (χ2n) is 4.54. The smallest absolute Gasteiger partial charge is 0.268 e. The monoisotopic (exact) mass is 289 g/mol. The minimum atomic E-state index is -3.52. The summed E-state index contributed by atoms with van der Waals surface area (Å²) in [7, 11) is -3.52. The molecule has 0 spiro atoms. The predicted octanol–water partition coefficient (Wildman–Crippen LogP) is 2.12. The van der Waals surface area contributed by atoms with E-state index in [2.05, 4.69) is 16.6 Å². The minimum Gasteiger partial charge on any atom is -0.268 e. The fourth-order valence-electron chi connectivity index (χ4n) is 1.88. The largest absolute Gasteiger partial charge is 0.301 e. The van der Waals surface area contributed by atoms with Crippen molar-refractivity contribution in [3.05, 3.63) is 23.5 Å². The van der Waals surface area contributed by atoms with E-state index in [1.807, 2.05) is 0 Å². The van der Waals surface area contributed by atoms with E-state index in [0.717, 1.165) is 12.8 Å². The predicted molar refractivity (Wildman–Crippen MR) is 71.8 cm³/mol.